The average molecular weight is 311 g/mol. The van der Waals surface area contributed by atoms with Crippen LogP contribution in [-0.2, 0) is 12.8 Å². The number of aryl methyl sites for hydroxylation is 3. The summed E-state index contributed by atoms with van der Waals surface area (Å²) < 4.78 is 1.27. The highest BCUT2D eigenvalue weighted by Crippen LogP contribution is 2.29. The van der Waals surface area contributed by atoms with Crippen LogP contribution >= 0.6 is 0 Å². The summed E-state index contributed by atoms with van der Waals surface area (Å²) in [5.74, 6) is -0.608. The third-order valence-corrected chi connectivity index (χ3v) is 4.37. The Labute approximate surface area is 131 Å². The highest BCUT2D eigenvalue weighted by atomic mass is 16.1. The fourth-order valence-corrected chi connectivity index (χ4v) is 3.32. The number of aromatic amines is 2. The van der Waals surface area contributed by atoms with Gasteiger partial charge in [0.25, 0.3) is 11.5 Å². The maximum atomic E-state index is 12.1. The van der Waals surface area contributed by atoms with Gasteiger partial charge in [-0.15, -0.1) is 0 Å². The monoisotopic (exact) mass is 311 g/mol. The zero-order chi connectivity index (χ0) is 16.1. The van der Waals surface area contributed by atoms with E-state index in [0.29, 0.717) is 11.4 Å². The number of hydrogen-bond donors (Lipinski definition) is 3. The van der Waals surface area contributed by atoms with Crippen molar-refractivity contribution in [2.75, 3.05) is 0 Å². The van der Waals surface area contributed by atoms with E-state index in [-0.39, 0.29) is 16.8 Å². The number of fused-ring (bicyclic) bond motifs is 2. The molecule has 0 unspecified atom stereocenters. The molecule has 0 aromatic carbocycles. The van der Waals surface area contributed by atoms with Crippen LogP contribution in [0.3, 0.4) is 0 Å². The third-order valence-electron chi connectivity index (χ3n) is 4.37. The Kier molecular flexibility index (Phi) is 2.90. The second kappa shape index (κ2) is 4.84. The van der Waals surface area contributed by atoms with Crippen molar-refractivity contribution in [3.63, 3.8) is 0 Å². The number of carbonyl (C=O) groups excluding carboxylic acids is 1. The molecular formula is C16H17N5O2. The summed E-state index contributed by atoms with van der Waals surface area (Å²) in [7, 11) is 0. The maximum Gasteiger partial charge on any atom is 0.272 e. The van der Waals surface area contributed by atoms with Crippen LogP contribution in [0.25, 0.3) is 17.0 Å². The molecule has 3 aromatic rings. The minimum atomic E-state index is -0.608. The van der Waals surface area contributed by atoms with Crippen LogP contribution in [0.5, 0.6) is 0 Å². The van der Waals surface area contributed by atoms with Gasteiger partial charge in [-0.1, -0.05) is 0 Å². The molecule has 4 rings (SSSR count). The number of amides is 1. The summed E-state index contributed by atoms with van der Waals surface area (Å²) in [6.45, 7) is 1.71. The molecule has 0 bridgehead atoms. The van der Waals surface area contributed by atoms with Crippen LogP contribution in [0, 0.1) is 6.92 Å². The number of H-pyrrole nitrogens is 2. The van der Waals surface area contributed by atoms with Crippen molar-refractivity contribution in [1.82, 2.24) is 19.6 Å². The number of nitrogens with two attached hydrogens (primary N) is 1. The Hall–Kier alpha value is -2.83. The van der Waals surface area contributed by atoms with Gasteiger partial charge in [-0.05, 0) is 44.2 Å². The van der Waals surface area contributed by atoms with E-state index < -0.39 is 5.91 Å². The SMILES string of the molecule is Cc1cc(=O)n2[nH]c(-c3cc4c([nH]3)CCCC4)c(C(N)=O)c2n1. The van der Waals surface area contributed by atoms with E-state index in [1.54, 1.807) is 6.92 Å². The smallest absolute Gasteiger partial charge is 0.272 e. The number of nitrogens with zero attached hydrogens (tertiary/aromatic N) is 2. The molecule has 3 heterocycles. The van der Waals surface area contributed by atoms with Crippen LogP contribution in [0.2, 0.25) is 0 Å². The van der Waals surface area contributed by atoms with Gasteiger partial charge in [0.2, 0.25) is 0 Å². The highest BCUT2D eigenvalue weighted by molar-refractivity contribution is 6.04. The van der Waals surface area contributed by atoms with Crippen molar-refractivity contribution in [2.24, 2.45) is 5.73 Å². The van der Waals surface area contributed by atoms with E-state index in [2.05, 4.69) is 15.1 Å². The van der Waals surface area contributed by atoms with E-state index in [9.17, 15) is 9.59 Å². The van der Waals surface area contributed by atoms with Gasteiger partial charge in [-0.3, -0.25) is 14.7 Å². The predicted octanol–water partition coefficient (Wildman–Crippen LogP) is 1.30. The topological polar surface area (TPSA) is 109 Å². The summed E-state index contributed by atoms with van der Waals surface area (Å²) in [5.41, 5.74) is 10.1. The van der Waals surface area contributed by atoms with E-state index in [1.165, 1.54) is 28.3 Å². The first kappa shape index (κ1) is 13.8. The normalized spacial score (nSPS) is 14.1. The van der Waals surface area contributed by atoms with Gasteiger partial charge in [-0.2, -0.15) is 0 Å². The van der Waals surface area contributed by atoms with Crippen molar-refractivity contribution in [1.29, 1.82) is 0 Å². The minimum Gasteiger partial charge on any atom is -0.365 e. The van der Waals surface area contributed by atoms with Gasteiger partial charge in [-0.25, -0.2) is 9.50 Å². The largest absolute Gasteiger partial charge is 0.365 e. The fraction of sp³-hybridized carbons (Fsp3) is 0.312. The average Bonchev–Trinajstić information content (AvgIpc) is 3.07. The Bertz CT molecular complexity index is 968. The minimum absolute atomic E-state index is 0.240. The van der Waals surface area contributed by atoms with E-state index >= 15 is 0 Å². The molecule has 0 atom stereocenters. The standard InChI is InChI=1S/C16H17N5O2/c1-8-6-12(22)21-16(18-8)13(15(17)23)14(20-21)11-7-9-4-2-3-5-10(9)19-11/h6-7,19-20H,2-5H2,1H3,(H2,17,23). The van der Waals surface area contributed by atoms with Crippen molar-refractivity contribution >= 4 is 11.6 Å². The van der Waals surface area contributed by atoms with Crippen LogP contribution in [0.4, 0.5) is 0 Å². The molecule has 0 saturated heterocycles. The van der Waals surface area contributed by atoms with Crippen LogP contribution in [-0.4, -0.2) is 25.5 Å². The lowest BCUT2D eigenvalue weighted by Crippen LogP contribution is -2.16. The molecule has 3 aromatic heterocycles. The Morgan fingerprint density at radius 2 is 2.09 bits per heavy atom. The fourth-order valence-electron chi connectivity index (χ4n) is 3.32. The van der Waals surface area contributed by atoms with Gasteiger partial charge < -0.3 is 10.7 Å². The van der Waals surface area contributed by atoms with Gasteiger partial charge >= 0.3 is 0 Å². The first-order valence-electron chi connectivity index (χ1n) is 7.68. The predicted molar refractivity (Wildman–Crippen MR) is 85.5 cm³/mol. The summed E-state index contributed by atoms with van der Waals surface area (Å²) in [5, 5.41) is 2.98. The number of carbonyl (C=O) groups is 1. The zero-order valence-electron chi connectivity index (χ0n) is 12.8. The second-order valence-corrected chi connectivity index (χ2v) is 6.01. The molecule has 23 heavy (non-hydrogen) atoms. The van der Waals surface area contributed by atoms with Crippen molar-refractivity contribution in [3.05, 3.63) is 45.0 Å². The van der Waals surface area contributed by atoms with E-state index in [0.717, 1.165) is 25.0 Å². The first-order chi connectivity index (χ1) is 11.0. The first-order valence-corrected chi connectivity index (χ1v) is 7.68. The van der Waals surface area contributed by atoms with E-state index in [4.69, 9.17) is 5.73 Å². The molecule has 0 aliphatic heterocycles. The zero-order valence-corrected chi connectivity index (χ0v) is 12.8. The lowest BCUT2D eigenvalue weighted by molar-refractivity contribution is 0.100. The van der Waals surface area contributed by atoms with Gasteiger partial charge in [0.15, 0.2) is 5.65 Å². The molecule has 1 amide bonds. The highest BCUT2D eigenvalue weighted by Gasteiger charge is 2.23. The van der Waals surface area contributed by atoms with Crippen LogP contribution in [0.1, 0.15) is 40.2 Å². The molecular weight excluding hydrogens is 294 g/mol. The summed E-state index contributed by atoms with van der Waals surface area (Å²) in [4.78, 5) is 31.8. The molecule has 1 aliphatic rings. The number of nitrogens with one attached hydrogen (secondary N) is 2. The lowest BCUT2D eigenvalue weighted by Gasteiger charge is -2.08. The second-order valence-electron chi connectivity index (χ2n) is 6.01. The number of rotatable bonds is 2. The Balaban J connectivity index is 2.01. The van der Waals surface area contributed by atoms with Crippen molar-refractivity contribution in [3.8, 4) is 11.4 Å². The van der Waals surface area contributed by atoms with Crippen LogP contribution in [0.15, 0.2) is 16.9 Å². The molecule has 7 nitrogen and oxygen atoms in total. The molecule has 0 radical (unpaired) electrons. The number of primary amides is 1. The number of aromatic nitrogens is 4. The number of hydrogen-bond acceptors (Lipinski definition) is 3. The quantitative estimate of drug-likeness (QED) is 0.663. The van der Waals surface area contributed by atoms with Gasteiger partial charge in [0, 0.05) is 17.5 Å². The Morgan fingerprint density at radius 1 is 1.30 bits per heavy atom. The molecule has 0 spiro atoms. The summed E-state index contributed by atoms with van der Waals surface area (Å²) in [6, 6.07) is 3.45. The molecule has 0 fully saturated rings. The molecule has 4 N–H and O–H groups in total. The Morgan fingerprint density at radius 3 is 2.83 bits per heavy atom. The van der Waals surface area contributed by atoms with Gasteiger partial charge in [0.05, 0.1) is 11.4 Å². The third kappa shape index (κ3) is 2.08. The van der Waals surface area contributed by atoms with E-state index in [1.807, 2.05) is 6.07 Å². The van der Waals surface area contributed by atoms with Crippen molar-refractivity contribution < 1.29 is 4.79 Å². The molecule has 1 aliphatic carbocycles. The van der Waals surface area contributed by atoms with Crippen molar-refractivity contribution in [2.45, 2.75) is 32.6 Å². The molecule has 118 valence electrons. The summed E-state index contributed by atoms with van der Waals surface area (Å²) in [6.07, 6.45) is 4.34. The lowest BCUT2D eigenvalue weighted by atomic mass is 9.98. The molecule has 0 saturated carbocycles. The van der Waals surface area contributed by atoms with Crippen LogP contribution < -0.4 is 11.3 Å². The molecule has 7 heteroatoms. The summed E-state index contributed by atoms with van der Waals surface area (Å²) >= 11 is 0. The maximum absolute atomic E-state index is 12.1. The van der Waals surface area contributed by atoms with Gasteiger partial charge in [0.1, 0.15) is 5.56 Å².